The smallest absolute Gasteiger partial charge is 0.242 e. The average molecular weight is 487 g/mol. The zero-order chi connectivity index (χ0) is 24.0. The zero-order valence-electron chi connectivity index (χ0n) is 19.3. The molecule has 182 valence electrons. The highest BCUT2D eigenvalue weighted by atomic mass is 32.2. The van der Waals surface area contributed by atoms with Crippen molar-refractivity contribution in [2.75, 3.05) is 20.1 Å². The minimum absolute atomic E-state index is 0.0544. The number of nitrogens with two attached hydrogens (primary N) is 1. The Morgan fingerprint density at radius 1 is 1.32 bits per heavy atom. The minimum Gasteiger partial charge on any atom is -0.330 e. The van der Waals surface area contributed by atoms with Gasteiger partial charge in [-0.3, -0.25) is 14.5 Å². The first-order chi connectivity index (χ1) is 16.4. The summed E-state index contributed by atoms with van der Waals surface area (Å²) < 4.78 is 4.92. The van der Waals surface area contributed by atoms with Crippen molar-refractivity contribution in [2.24, 2.45) is 11.7 Å². The molecule has 1 saturated carbocycles. The molecule has 34 heavy (non-hydrogen) atoms. The summed E-state index contributed by atoms with van der Waals surface area (Å²) in [5.74, 6) is 0.395. The molecule has 0 spiro atoms. The second kappa shape index (κ2) is 9.45. The third-order valence-electron chi connectivity index (χ3n) is 7.60. The number of nitrogens with one attached hydrogen (secondary N) is 1. The van der Waals surface area contributed by atoms with E-state index in [-0.39, 0.29) is 42.0 Å². The van der Waals surface area contributed by atoms with Gasteiger partial charge in [0.25, 0.3) is 0 Å². The number of rotatable bonds is 9. The third-order valence-corrected chi connectivity index (χ3v) is 8.20. The number of piperazine rings is 1. The number of nitriles is 1. The number of hydrogen-bond acceptors (Lipinski definition) is 9. The van der Waals surface area contributed by atoms with Gasteiger partial charge < -0.3 is 15.5 Å². The Kier molecular flexibility index (Phi) is 6.54. The number of hydrogen-bond donors (Lipinski definition) is 2. The van der Waals surface area contributed by atoms with Crippen LogP contribution in [-0.4, -0.2) is 76.9 Å². The second-order valence-electron chi connectivity index (χ2n) is 9.58. The molecule has 2 amide bonds. The lowest BCUT2D eigenvalue weighted by Gasteiger charge is -2.38. The molecule has 4 fully saturated rings. The number of benzene rings is 1. The molecule has 3 heterocycles. The molecule has 7 atom stereocenters. The molecular weight excluding hydrogens is 456 g/mol. The van der Waals surface area contributed by atoms with E-state index in [9.17, 15) is 14.9 Å². The quantitative estimate of drug-likeness (QED) is 0.227. The molecule has 3 aliphatic heterocycles. The maximum atomic E-state index is 13.3. The Morgan fingerprint density at radius 3 is 2.76 bits per heavy atom. The minimum atomic E-state index is -0.715. The summed E-state index contributed by atoms with van der Waals surface area (Å²) in [6, 6.07) is 9.01. The molecule has 0 unspecified atom stereocenters. The van der Waals surface area contributed by atoms with Crippen LogP contribution in [0.2, 0.25) is 0 Å². The second-order valence-corrected chi connectivity index (χ2v) is 10.4. The Bertz CT molecular complexity index is 987. The molecule has 1 aliphatic carbocycles. The Morgan fingerprint density at radius 2 is 2.09 bits per heavy atom. The fraction of sp³-hybridized carbons (Fsp3) is 0.609. The lowest BCUT2D eigenvalue weighted by atomic mass is 10.1. The summed E-state index contributed by atoms with van der Waals surface area (Å²) in [5.41, 5.74) is 9.79. The van der Waals surface area contributed by atoms with Crippen molar-refractivity contribution < 1.29 is 18.9 Å². The molecule has 10 nitrogen and oxygen atoms in total. The summed E-state index contributed by atoms with van der Waals surface area (Å²) in [5, 5.41) is 9.39. The normalized spacial score (nSPS) is 31.5. The lowest BCUT2D eigenvalue weighted by Crippen LogP contribution is -2.57. The van der Waals surface area contributed by atoms with Crippen LogP contribution in [0.5, 0.6) is 0 Å². The van der Waals surface area contributed by atoms with Crippen LogP contribution in [0.15, 0.2) is 29.2 Å². The predicted octanol–water partition coefficient (Wildman–Crippen LogP) is 0.963. The number of carbonyl (C=O) groups excluding carboxylic acids is 2. The van der Waals surface area contributed by atoms with Gasteiger partial charge in [0.05, 0.1) is 36.2 Å². The summed E-state index contributed by atoms with van der Waals surface area (Å²) in [6.45, 7) is 3.10. The molecule has 2 bridgehead atoms. The average Bonchev–Trinajstić information content (AvgIpc) is 3.16. The first kappa shape index (κ1) is 23.5. The summed E-state index contributed by atoms with van der Waals surface area (Å²) in [7, 11) is 1.61. The topological polar surface area (TPSA) is 124 Å². The van der Waals surface area contributed by atoms with E-state index in [0.29, 0.717) is 19.0 Å². The van der Waals surface area contributed by atoms with Gasteiger partial charge in [-0.05, 0) is 49.8 Å². The number of hydroxylamine groups is 1. The van der Waals surface area contributed by atoms with Gasteiger partial charge >= 0.3 is 0 Å². The predicted molar refractivity (Wildman–Crippen MR) is 123 cm³/mol. The van der Waals surface area contributed by atoms with Crippen LogP contribution in [0.1, 0.15) is 37.8 Å². The maximum absolute atomic E-state index is 13.3. The number of fused-ring (bicyclic) bond motifs is 3. The molecule has 1 aromatic rings. The van der Waals surface area contributed by atoms with E-state index in [1.54, 1.807) is 11.9 Å². The highest BCUT2D eigenvalue weighted by Crippen LogP contribution is 2.48. The van der Waals surface area contributed by atoms with E-state index in [1.165, 1.54) is 0 Å². The first-order valence-corrected chi connectivity index (χ1v) is 12.5. The lowest BCUT2D eigenvalue weighted by molar-refractivity contribution is -0.237. The van der Waals surface area contributed by atoms with Crippen LogP contribution in [0.4, 0.5) is 0 Å². The van der Waals surface area contributed by atoms with Crippen LogP contribution in [0, 0.1) is 17.2 Å². The molecule has 4 aliphatic rings. The van der Waals surface area contributed by atoms with Crippen LogP contribution in [0.25, 0.3) is 0 Å². The number of carbonyl (C=O) groups is 2. The number of amides is 2. The van der Waals surface area contributed by atoms with Crippen molar-refractivity contribution in [3.63, 3.8) is 0 Å². The molecule has 3 N–H and O–H groups in total. The SMILES string of the molecule is CNOOSc1ccc([C@@H](C)N2C(=O)[C@@H]3C[C@H]2CN3C[C@H](N)C(=O)N2[C@H](C#N)C[C@@H]3C[C@@H]32)cc1. The summed E-state index contributed by atoms with van der Waals surface area (Å²) in [6.07, 6.45) is 2.49. The van der Waals surface area contributed by atoms with E-state index in [1.807, 2.05) is 36.1 Å². The van der Waals surface area contributed by atoms with Crippen molar-refractivity contribution >= 4 is 23.9 Å². The third kappa shape index (κ3) is 4.19. The van der Waals surface area contributed by atoms with E-state index in [2.05, 4.69) is 21.4 Å². The summed E-state index contributed by atoms with van der Waals surface area (Å²) >= 11 is 1.10. The van der Waals surface area contributed by atoms with Crippen molar-refractivity contribution in [3.05, 3.63) is 29.8 Å². The number of likely N-dealkylation sites (tertiary alicyclic amines) is 3. The van der Waals surface area contributed by atoms with Gasteiger partial charge in [-0.1, -0.05) is 12.1 Å². The fourth-order valence-electron chi connectivity index (χ4n) is 5.86. The molecule has 0 radical (unpaired) electrons. The first-order valence-electron chi connectivity index (χ1n) is 11.7. The maximum Gasteiger partial charge on any atom is 0.242 e. The Labute approximate surface area is 203 Å². The van der Waals surface area contributed by atoms with Crippen LogP contribution >= 0.6 is 12.0 Å². The molecule has 3 saturated heterocycles. The molecule has 0 aromatic heterocycles. The van der Waals surface area contributed by atoms with Crippen molar-refractivity contribution in [1.82, 2.24) is 20.2 Å². The molecular formula is C23H30N6O4S. The summed E-state index contributed by atoms with van der Waals surface area (Å²) in [4.78, 5) is 37.5. The molecule has 5 rings (SSSR count). The number of nitrogens with zero attached hydrogens (tertiary/aromatic N) is 4. The van der Waals surface area contributed by atoms with Gasteiger partial charge in [0.2, 0.25) is 11.8 Å². The van der Waals surface area contributed by atoms with Crippen LogP contribution in [0.3, 0.4) is 0 Å². The number of piperidine rings is 1. The van der Waals surface area contributed by atoms with Crippen molar-refractivity contribution in [3.8, 4) is 6.07 Å². The van der Waals surface area contributed by atoms with Crippen molar-refractivity contribution in [2.45, 2.75) is 67.3 Å². The van der Waals surface area contributed by atoms with E-state index in [4.69, 9.17) is 10.1 Å². The largest absolute Gasteiger partial charge is 0.330 e. The standard InChI is InChI=1S/C23H30N6O4S/c1-13(14-3-5-18(6-4-14)34-33-32-26-2)28-17-9-21(23(28)31)27(11-17)12-19(25)22(30)29-16(10-24)7-15-8-20(15)29/h3-6,13,15-17,19-21,26H,7-9,11-12,25H2,1-2H3/t13-,15-,16+,17+,19+,20+,21+/m1/s1. The Hall–Kier alpha value is -2.20. The van der Waals surface area contributed by atoms with Crippen molar-refractivity contribution in [1.29, 1.82) is 5.26 Å². The van der Waals surface area contributed by atoms with Crippen LogP contribution in [-0.2, 0) is 18.9 Å². The van der Waals surface area contributed by atoms with Crippen LogP contribution < -0.4 is 11.2 Å². The fourth-order valence-corrected chi connectivity index (χ4v) is 6.29. The molecule has 1 aromatic carbocycles. The van der Waals surface area contributed by atoms with Gasteiger partial charge in [-0.2, -0.15) is 10.7 Å². The van der Waals surface area contributed by atoms with E-state index in [0.717, 1.165) is 41.8 Å². The highest BCUT2D eigenvalue weighted by molar-refractivity contribution is 7.94. The Balaban J connectivity index is 1.18. The highest BCUT2D eigenvalue weighted by Gasteiger charge is 2.56. The van der Waals surface area contributed by atoms with E-state index >= 15 is 0 Å². The van der Waals surface area contributed by atoms with Gasteiger partial charge in [-0.15, -0.1) is 9.32 Å². The molecule has 11 heteroatoms. The monoisotopic (exact) mass is 486 g/mol. The van der Waals surface area contributed by atoms with Gasteiger partial charge in [0.15, 0.2) is 0 Å². The van der Waals surface area contributed by atoms with Gasteiger partial charge in [0, 0.05) is 37.1 Å². The van der Waals surface area contributed by atoms with E-state index < -0.39 is 6.04 Å². The zero-order valence-corrected chi connectivity index (χ0v) is 20.1. The van der Waals surface area contributed by atoms with Gasteiger partial charge in [0.1, 0.15) is 6.04 Å². The van der Waals surface area contributed by atoms with Gasteiger partial charge in [-0.25, -0.2) is 0 Å².